The van der Waals surface area contributed by atoms with E-state index >= 15 is 0 Å². The molecule has 100 valence electrons. The summed E-state index contributed by atoms with van der Waals surface area (Å²) in [5.74, 6) is 0. The van der Waals surface area contributed by atoms with Crippen LogP contribution in [0.4, 0.5) is 5.69 Å². The molecule has 0 radical (unpaired) electrons. The Labute approximate surface area is 122 Å². The number of aromatic nitrogens is 2. The number of nitrogens with zero attached hydrogens (tertiary/aromatic N) is 2. The van der Waals surface area contributed by atoms with Crippen LogP contribution in [-0.4, -0.2) is 16.5 Å². The lowest BCUT2D eigenvalue weighted by Crippen LogP contribution is -2.06. The first kappa shape index (κ1) is 12.9. The molecule has 4 heteroatoms. The highest BCUT2D eigenvalue weighted by molar-refractivity contribution is 6.33. The van der Waals surface area contributed by atoms with Gasteiger partial charge in [-0.1, -0.05) is 35.9 Å². The zero-order chi connectivity index (χ0) is 13.8. The normalized spacial score (nSPS) is 10.7. The molecule has 1 N–H and O–H groups in total. The molecule has 3 rings (SSSR count). The molecule has 0 spiro atoms. The minimum Gasteiger partial charge on any atom is -0.383 e. The van der Waals surface area contributed by atoms with Gasteiger partial charge in [0.05, 0.1) is 16.2 Å². The van der Waals surface area contributed by atoms with Crippen LogP contribution in [0.2, 0.25) is 5.02 Å². The maximum absolute atomic E-state index is 6.06. The number of hydrogen-bond donors (Lipinski definition) is 1. The zero-order valence-electron chi connectivity index (χ0n) is 10.9. The van der Waals surface area contributed by atoms with Gasteiger partial charge in [-0.05, 0) is 24.1 Å². The predicted octanol–water partition coefficient (Wildman–Crippen LogP) is 3.94. The largest absolute Gasteiger partial charge is 0.383 e. The molecule has 0 fully saturated rings. The lowest BCUT2D eigenvalue weighted by atomic mass is 10.1. The molecule has 20 heavy (non-hydrogen) atoms. The van der Waals surface area contributed by atoms with E-state index in [0.29, 0.717) is 5.02 Å². The van der Waals surface area contributed by atoms with Gasteiger partial charge in [0.15, 0.2) is 0 Å². The second-order valence-electron chi connectivity index (χ2n) is 4.52. The predicted molar refractivity (Wildman–Crippen MR) is 83.2 cm³/mol. The van der Waals surface area contributed by atoms with Gasteiger partial charge in [-0.25, -0.2) is 0 Å². The van der Waals surface area contributed by atoms with Gasteiger partial charge >= 0.3 is 0 Å². The van der Waals surface area contributed by atoms with Crippen LogP contribution in [0.1, 0.15) is 5.56 Å². The van der Waals surface area contributed by atoms with E-state index < -0.39 is 0 Å². The first-order valence-corrected chi connectivity index (χ1v) is 6.88. The molecule has 3 aromatic rings. The van der Waals surface area contributed by atoms with E-state index in [1.54, 1.807) is 12.4 Å². The van der Waals surface area contributed by atoms with Crippen LogP contribution in [0.3, 0.4) is 0 Å². The molecule has 0 aliphatic carbocycles. The third kappa shape index (κ3) is 2.73. The van der Waals surface area contributed by atoms with Crippen molar-refractivity contribution < 1.29 is 0 Å². The van der Waals surface area contributed by atoms with Crippen molar-refractivity contribution >= 4 is 28.2 Å². The third-order valence-electron chi connectivity index (χ3n) is 3.20. The van der Waals surface area contributed by atoms with Gasteiger partial charge in [0.25, 0.3) is 0 Å². The molecule has 3 nitrogen and oxygen atoms in total. The molecule has 0 saturated carbocycles. The quantitative estimate of drug-likeness (QED) is 0.788. The lowest BCUT2D eigenvalue weighted by molar-refractivity contribution is 1.02. The molecule has 0 atom stereocenters. The first-order valence-electron chi connectivity index (χ1n) is 6.50. The van der Waals surface area contributed by atoms with Crippen LogP contribution in [0.15, 0.2) is 55.0 Å². The van der Waals surface area contributed by atoms with E-state index in [4.69, 9.17) is 11.6 Å². The maximum atomic E-state index is 6.06. The highest BCUT2D eigenvalue weighted by Gasteiger charge is 2.02. The van der Waals surface area contributed by atoms with Crippen LogP contribution >= 0.6 is 11.6 Å². The van der Waals surface area contributed by atoms with Crippen molar-refractivity contribution in [2.75, 3.05) is 11.9 Å². The molecule has 0 saturated heterocycles. The SMILES string of the molecule is Clc1cnccc1NCCc1cccc2cccnc12. The summed E-state index contributed by atoms with van der Waals surface area (Å²) in [5.41, 5.74) is 3.22. The van der Waals surface area contributed by atoms with Crippen LogP contribution < -0.4 is 5.32 Å². The molecule has 0 aliphatic heterocycles. The molecular formula is C16H14ClN3. The van der Waals surface area contributed by atoms with E-state index in [0.717, 1.165) is 24.2 Å². The monoisotopic (exact) mass is 283 g/mol. The maximum Gasteiger partial charge on any atom is 0.0820 e. The molecule has 1 aromatic carbocycles. The summed E-state index contributed by atoms with van der Waals surface area (Å²) < 4.78 is 0. The van der Waals surface area contributed by atoms with Crippen LogP contribution in [0.5, 0.6) is 0 Å². The van der Waals surface area contributed by atoms with E-state index in [1.807, 2.05) is 18.3 Å². The number of fused-ring (bicyclic) bond motifs is 1. The van der Waals surface area contributed by atoms with Gasteiger partial charge in [0, 0.05) is 30.5 Å². The number of nitrogens with one attached hydrogen (secondary N) is 1. The van der Waals surface area contributed by atoms with Crippen molar-refractivity contribution in [1.29, 1.82) is 0 Å². The van der Waals surface area contributed by atoms with Gasteiger partial charge in [0.1, 0.15) is 0 Å². The number of halogens is 1. The van der Waals surface area contributed by atoms with Gasteiger partial charge in [0.2, 0.25) is 0 Å². The lowest BCUT2D eigenvalue weighted by Gasteiger charge is -2.09. The van der Waals surface area contributed by atoms with E-state index in [2.05, 4.69) is 39.6 Å². The smallest absolute Gasteiger partial charge is 0.0820 e. The van der Waals surface area contributed by atoms with Crippen molar-refractivity contribution in [3.8, 4) is 0 Å². The Kier molecular flexibility index (Phi) is 3.79. The molecule has 2 heterocycles. The highest BCUT2D eigenvalue weighted by Crippen LogP contribution is 2.20. The Morgan fingerprint density at radius 3 is 2.85 bits per heavy atom. The summed E-state index contributed by atoms with van der Waals surface area (Å²) in [7, 11) is 0. The minimum atomic E-state index is 0.642. The Hall–Kier alpha value is -2.13. The average Bonchev–Trinajstić information content (AvgIpc) is 2.49. The fraction of sp³-hybridized carbons (Fsp3) is 0.125. The number of benzene rings is 1. The third-order valence-corrected chi connectivity index (χ3v) is 3.50. The zero-order valence-corrected chi connectivity index (χ0v) is 11.6. The number of pyridine rings is 2. The Morgan fingerprint density at radius 2 is 1.95 bits per heavy atom. The van der Waals surface area contributed by atoms with Gasteiger partial charge in [-0.15, -0.1) is 0 Å². The Balaban J connectivity index is 1.73. The number of anilines is 1. The van der Waals surface area contributed by atoms with Crippen LogP contribution in [0, 0.1) is 0 Å². The highest BCUT2D eigenvalue weighted by atomic mass is 35.5. The topological polar surface area (TPSA) is 37.8 Å². The summed E-state index contributed by atoms with van der Waals surface area (Å²) in [4.78, 5) is 8.43. The van der Waals surface area contributed by atoms with Crippen molar-refractivity contribution in [2.45, 2.75) is 6.42 Å². The van der Waals surface area contributed by atoms with E-state index in [9.17, 15) is 0 Å². The van der Waals surface area contributed by atoms with E-state index in [-0.39, 0.29) is 0 Å². The van der Waals surface area contributed by atoms with Crippen molar-refractivity contribution in [3.05, 3.63) is 65.6 Å². The fourth-order valence-corrected chi connectivity index (χ4v) is 2.41. The molecule has 0 amide bonds. The number of para-hydroxylation sites is 1. The fourth-order valence-electron chi connectivity index (χ4n) is 2.22. The van der Waals surface area contributed by atoms with Crippen LogP contribution in [0.25, 0.3) is 10.9 Å². The van der Waals surface area contributed by atoms with Gasteiger partial charge in [-0.3, -0.25) is 9.97 Å². The molecule has 0 unspecified atom stereocenters. The number of hydrogen-bond acceptors (Lipinski definition) is 3. The molecule has 0 bridgehead atoms. The molecular weight excluding hydrogens is 270 g/mol. The summed E-state index contributed by atoms with van der Waals surface area (Å²) >= 11 is 6.06. The minimum absolute atomic E-state index is 0.642. The molecule has 0 aliphatic rings. The van der Waals surface area contributed by atoms with Gasteiger partial charge in [-0.2, -0.15) is 0 Å². The first-order chi connectivity index (χ1) is 9.84. The van der Waals surface area contributed by atoms with Crippen LogP contribution in [-0.2, 0) is 6.42 Å². The number of rotatable bonds is 4. The van der Waals surface area contributed by atoms with Crippen molar-refractivity contribution in [2.24, 2.45) is 0 Å². The average molecular weight is 284 g/mol. The Morgan fingerprint density at radius 1 is 1.05 bits per heavy atom. The second-order valence-corrected chi connectivity index (χ2v) is 4.93. The summed E-state index contributed by atoms with van der Waals surface area (Å²) in [6.07, 6.45) is 6.10. The summed E-state index contributed by atoms with van der Waals surface area (Å²) in [5, 5.41) is 5.14. The summed E-state index contributed by atoms with van der Waals surface area (Å²) in [6.45, 7) is 0.805. The second kappa shape index (κ2) is 5.88. The molecule has 2 aromatic heterocycles. The van der Waals surface area contributed by atoms with Gasteiger partial charge < -0.3 is 5.32 Å². The van der Waals surface area contributed by atoms with E-state index in [1.165, 1.54) is 10.9 Å². The Bertz CT molecular complexity index is 722. The van der Waals surface area contributed by atoms with Crippen molar-refractivity contribution in [3.63, 3.8) is 0 Å². The van der Waals surface area contributed by atoms with Crippen molar-refractivity contribution in [1.82, 2.24) is 9.97 Å². The summed E-state index contributed by atoms with van der Waals surface area (Å²) in [6, 6.07) is 12.2. The standard InChI is InChI=1S/C16H14ClN3/c17-14-11-18-9-7-15(14)19-10-6-13-4-1-3-12-5-2-8-20-16(12)13/h1-5,7-9,11H,6,10H2,(H,18,19).